The van der Waals surface area contributed by atoms with Gasteiger partial charge in [0.2, 0.25) is 0 Å². The smallest absolute Gasteiger partial charge is 0.345 e. The van der Waals surface area contributed by atoms with Gasteiger partial charge in [-0.2, -0.15) is 0 Å². The average Bonchev–Trinajstić information content (AvgIpc) is 3.10. The molecule has 3 aromatic heterocycles. The maximum absolute atomic E-state index is 12.7. The topological polar surface area (TPSA) is 62.8 Å². The van der Waals surface area contributed by atoms with Crippen LogP contribution in [0.5, 0.6) is 0 Å². The highest BCUT2D eigenvalue weighted by molar-refractivity contribution is 5.84. The second-order valence-electron chi connectivity index (χ2n) is 7.57. The monoisotopic (exact) mass is 374 g/mol. The summed E-state index contributed by atoms with van der Waals surface area (Å²) in [6.45, 7) is 7.04. The van der Waals surface area contributed by atoms with Crippen LogP contribution in [0.25, 0.3) is 27.9 Å². The van der Waals surface area contributed by atoms with E-state index in [0.717, 1.165) is 41.9 Å². The van der Waals surface area contributed by atoms with Gasteiger partial charge in [0.05, 0.1) is 11.3 Å². The molecule has 1 atom stereocenters. The molecule has 1 aliphatic heterocycles. The van der Waals surface area contributed by atoms with Gasteiger partial charge in [-0.05, 0) is 49.7 Å². The van der Waals surface area contributed by atoms with E-state index >= 15 is 0 Å². The van der Waals surface area contributed by atoms with Crippen molar-refractivity contribution in [3.05, 3.63) is 64.8 Å². The van der Waals surface area contributed by atoms with Crippen molar-refractivity contribution in [3.63, 3.8) is 0 Å². The SMILES string of the molecule is Cc1ccn2cc(-c3cc4ccc(N5CCN[C@@H](C)C5)cc4oc3=O)nc2c1. The minimum Gasteiger partial charge on any atom is -0.422 e. The Bertz CT molecular complexity index is 1240. The van der Waals surface area contributed by atoms with Crippen LogP contribution in [0.15, 0.2) is 58.0 Å². The van der Waals surface area contributed by atoms with Crippen LogP contribution in [-0.4, -0.2) is 35.1 Å². The lowest BCUT2D eigenvalue weighted by molar-refractivity contribution is 0.484. The van der Waals surface area contributed by atoms with Crippen molar-refractivity contribution in [2.24, 2.45) is 0 Å². The third-order valence-corrected chi connectivity index (χ3v) is 5.35. The molecule has 1 aromatic carbocycles. The summed E-state index contributed by atoms with van der Waals surface area (Å²) in [5.41, 5.74) is 4.39. The summed E-state index contributed by atoms with van der Waals surface area (Å²) >= 11 is 0. The zero-order chi connectivity index (χ0) is 19.3. The molecular weight excluding hydrogens is 352 g/mol. The maximum Gasteiger partial charge on any atom is 0.345 e. The Kier molecular flexibility index (Phi) is 3.94. The normalized spacial score (nSPS) is 17.5. The lowest BCUT2D eigenvalue weighted by Crippen LogP contribution is -2.49. The number of aryl methyl sites for hydroxylation is 1. The van der Waals surface area contributed by atoms with Crippen LogP contribution in [0.2, 0.25) is 0 Å². The minimum atomic E-state index is -0.363. The van der Waals surface area contributed by atoms with E-state index in [-0.39, 0.29) is 5.63 Å². The standard InChI is InChI=1S/C22H22N4O2/c1-14-5-7-26-13-19(24-21(26)9-14)18-10-16-3-4-17(11-20(16)28-22(18)27)25-8-6-23-15(2)12-25/h3-5,7,9-11,13,15,23H,6,8,12H2,1-2H3/t15-/m0/s1. The maximum atomic E-state index is 12.7. The molecule has 6 nitrogen and oxygen atoms in total. The number of anilines is 1. The molecule has 0 saturated carbocycles. The van der Waals surface area contributed by atoms with Crippen LogP contribution < -0.4 is 15.8 Å². The Morgan fingerprint density at radius 2 is 2.11 bits per heavy atom. The molecule has 1 N–H and O–H groups in total. The van der Waals surface area contributed by atoms with E-state index in [1.807, 2.05) is 54.0 Å². The Morgan fingerprint density at radius 3 is 2.96 bits per heavy atom. The zero-order valence-corrected chi connectivity index (χ0v) is 16.0. The van der Waals surface area contributed by atoms with E-state index in [1.54, 1.807) is 0 Å². The van der Waals surface area contributed by atoms with Crippen molar-refractivity contribution < 1.29 is 4.42 Å². The highest BCUT2D eigenvalue weighted by atomic mass is 16.4. The largest absolute Gasteiger partial charge is 0.422 e. The van der Waals surface area contributed by atoms with Crippen LogP contribution in [0.1, 0.15) is 12.5 Å². The molecule has 1 fully saturated rings. The number of imidazole rings is 1. The third-order valence-electron chi connectivity index (χ3n) is 5.35. The van der Waals surface area contributed by atoms with E-state index in [2.05, 4.69) is 28.2 Å². The number of hydrogen-bond acceptors (Lipinski definition) is 5. The lowest BCUT2D eigenvalue weighted by atomic mass is 10.1. The second-order valence-corrected chi connectivity index (χ2v) is 7.57. The van der Waals surface area contributed by atoms with Crippen molar-refractivity contribution in [1.82, 2.24) is 14.7 Å². The van der Waals surface area contributed by atoms with Gasteiger partial charge in [-0.1, -0.05) is 0 Å². The Labute approximate surface area is 162 Å². The zero-order valence-electron chi connectivity index (χ0n) is 16.0. The fourth-order valence-electron chi connectivity index (χ4n) is 3.86. The van der Waals surface area contributed by atoms with Crippen molar-refractivity contribution in [3.8, 4) is 11.3 Å². The molecule has 0 spiro atoms. The highest BCUT2D eigenvalue weighted by Crippen LogP contribution is 2.26. The van der Waals surface area contributed by atoms with E-state index in [1.165, 1.54) is 0 Å². The number of nitrogens with one attached hydrogen (secondary N) is 1. The summed E-state index contributed by atoms with van der Waals surface area (Å²) in [6.07, 6.45) is 3.81. The van der Waals surface area contributed by atoms with Gasteiger partial charge in [-0.15, -0.1) is 0 Å². The van der Waals surface area contributed by atoms with Crippen LogP contribution in [-0.2, 0) is 0 Å². The quantitative estimate of drug-likeness (QED) is 0.546. The summed E-state index contributed by atoms with van der Waals surface area (Å²) in [6, 6.07) is 12.4. The van der Waals surface area contributed by atoms with Gasteiger partial charge in [0, 0.05) is 55.2 Å². The van der Waals surface area contributed by atoms with E-state index in [0.29, 0.717) is 22.9 Å². The number of benzene rings is 1. The first-order chi connectivity index (χ1) is 13.6. The summed E-state index contributed by atoms with van der Waals surface area (Å²) in [4.78, 5) is 19.6. The van der Waals surface area contributed by atoms with E-state index in [4.69, 9.17) is 4.42 Å². The predicted octanol–water partition coefficient (Wildman–Crippen LogP) is 3.21. The van der Waals surface area contributed by atoms with Gasteiger partial charge in [0.15, 0.2) is 0 Å². The van der Waals surface area contributed by atoms with Crippen LogP contribution in [0, 0.1) is 6.92 Å². The van der Waals surface area contributed by atoms with Crippen LogP contribution in [0.3, 0.4) is 0 Å². The molecule has 5 rings (SSSR count). The number of piperazine rings is 1. The molecule has 0 bridgehead atoms. The molecule has 0 amide bonds. The second kappa shape index (κ2) is 6.49. The summed E-state index contributed by atoms with van der Waals surface area (Å²) in [7, 11) is 0. The van der Waals surface area contributed by atoms with Gasteiger partial charge in [0.25, 0.3) is 0 Å². The number of nitrogens with zero attached hydrogens (tertiary/aromatic N) is 3. The molecule has 1 saturated heterocycles. The first-order valence-electron chi connectivity index (χ1n) is 9.59. The third kappa shape index (κ3) is 2.96. The Balaban J connectivity index is 1.56. The van der Waals surface area contributed by atoms with E-state index < -0.39 is 0 Å². The van der Waals surface area contributed by atoms with Gasteiger partial charge < -0.3 is 19.0 Å². The minimum absolute atomic E-state index is 0.363. The molecular formula is C22H22N4O2. The number of rotatable bonds is 2. The van der Waals surface area contributed by atoms with Crippen molar-refractivity contribution in [2.45, 2.75) is 19.9 Å². The Hall–Kier alpha value is -3.12. The lowest BCUT2D eigenvalue weighted by Gasteiger charge is -2.33. The van der Waals surface area contributed by atoms with Gasteiger partial charge >= 0.3 is 5.63 Å². The fourth-order valence-corrected chi connectivity index (χ4v) is 3.86. The number of fused-ring (bicyclic) bond motifs is 2. The highest BCUT2D eigenvalue weighted by Gasteiger charge is 2.17. The number of pyridine rings is 1. The van der Waals surface area contributed by atoms with Gasteiger partial charge in [-0.25, -0.2) is 9.78 Å². The average molecular weight is 374 g/mol. The molecule has 1 aliphatic rings. The first kappa shape index (κ1) is 17.0. The first-order valence-corrected chi connectivity index (χ1v) is 9.59. The summed E-state index contributed by atoms with van der Waals surface area (Å²) < 4.78 is 7.60. The fraction of sp³-hybridized carbons (Fsp3) is 0.273. The predicted molar refractivity (Wildman–Crippen MR) is 111 cm³/mol. The van der Waals surface area contributed by atoms with E-state index in [9.17, 15) is 4.79 Å². The molecule has 6 heteroatoms. The number of aromatic nitrogens is 2. The molecule has 4 heterocycles. The summed E-state index contributed by atoms with van der Waals surface area (Å²) in [5, 5.41) is 4.34. The molecule has 28 heavy (non-hydrogen) atoms. The molecule has 142 valence electrons. The van der Waals surface area contributed by atoms with Crippen molar-refractivity contribution >= 4 is 22.3 Å². The Morgan fingerprint density at radius 1 is 1.21 bits per heavy atom. The molecule has 4 aromatic rings. The molecule has 0 aliphatic carbocycles. The number of hydrogen-bond donors (Lipinski definition) is 1. The van der Waals surface area contributed by atoms with Gasteiger partial charge in [-0.3, -0.25) is 0 Å². The van der Waals surface area contributed by atoms with Crippen LogP contribution >= 0.6 is 0 Å². The molecule has 0 unspecified atom stereocenters. The van der Waals surface area contributed by atoms with Crippen molar-refractivity contribution in [1.29, 1.82) is 0 Å². The molecule has 0 radical (unpaired) electrons. The van der Waals surface area contributed by atoms with Crippen molar-refractivity contribution in [2.75, 3.05) is 24.5 Å². The van der Waals surface area contributed by atoms with Gasteiger partial charge in [0.1, 0.15) is 11.2 Å². The van der Waals surface area contributed by atoms with Crippen LogP contribution in [0.4, 0.5) is 5.69 Å². The summed E-state index contributed by atoms with van der Waals surface area (Å²) in [5.74, 6) is 0.